The normalized spacial score (nSPS) is 17.3. The minimum Gasteiger partial charge on any atom is -0.481 e. The fourth-order valence-corrected chi connectivity index (χ4v) is 2.77. The molecular weight excluding hydrogens is 224 g/mol. The Kier molecular flexibility index (Phi) is 4.04. The number of hydrogen-bond acceptors (Lipinski definition) is 1. The molecule has 0 spiro atoms. The molecule has 1 aromatic rings. The summed E-state index contributed by atoms with van der Waals surface area (Å²) in [5.41, 5.74) is 1.66. The summed E-state index contributed by atoms with van der Waals surface area (Å²) in [6.07, 6.45) is 10.9. The third kappa shape index (κ3) is 2.92. The third-order valence-electron chi connectivity index (χ3n) is 3.82. The lowest BCUT2D eigenvalue weighted by Gasteiger charge is -2.17. The first-order chi connectivity index (χ1) is 8.70. The van der Waals surface area contributed by atoms with Crippen LogP contribution in [0.25, 0.3) is 0 Å². The zero-order chi connectivity index (χ0) is 13.0. The second kappa shape index (κ2) is 5.73. The van der Waals surface area contributed by atoms with E-state index in [-0.39, 0.29) is 5.92 Å². The fourth-order valence-electron chi connectivity index (χ4n) is 2.77. The maximum atomic E-state index is 11.4. The minimum absolute atomic E-state index is 0.389. The van der Waals surface area contributed by atoms with Crippen LogP contribution in [-0.4, -0.2) is 11.1 Å². The van der Waals surface area contributed by atoms with E-state index in [1.54, 1.807) is 0 Å². The van der Waals surface area contributed by atoms with Crippen LogP contribution in [0, 0.1) is 18.3 Å². The molecule has 1 aliphatic carbocycles. The summed E-state index contributed by atoms with van der Waals surface area (Å²) < 4.78 is 0. The number of hydrogen-bond donors (Lipinski definition) is 1. The maximum Gasteiger partial charge on any atom is 0.310 e. The van der Waals surface area contributed by atoms with Crippen LogP contribution in [0.3, 0.4) is 0 Å². The lowest BCUT2D eigenvalue weighted by molar-refractivity contribution is -0.139. The van der Waals surface area contributed by atoms with Crippen LogP contribution < -0.4 is 0 Å². The Hall–Kier alpha value is -1.75. The van der Waals surface area contributed by atoms with Crippen molar-refractivity contribution in [1.82, 2.24) is 0 Å². The van der Waals surface area contributed by atoms with Crippen LogP contribution in [0.2, 0.25) is 0 Å². The molecule has 0 bridgehead atoms. The monoisotopic (exact) mass is 242 g/mol. The summed E-state index contributed by atoms with van der Waals surface area (Å²) in [5.74, 6) is 2.00. The van der Waals surface area contributed by atoms with Gasteiger partial charge in [-0.3, -0.25) is 4.79 Å². The van der Waals surface area contributed by atoms with Crippen molar-refractivity contribution in [3.8, 4) is 12.3 Å². The van der Waals surface area contributed by atoms with Gasteiger partial charge in [-0.05, 0) is 30.0 Å². The van der Waals surface area contributed by atoms with Crippen molar-refractivity contribution in [2.45, 2.75) is 38.0 Å². The third-order valence-corrected chi connectivity index (χ3v) is 3.82. The van der Waals surface area contributed by atoms with Gasteiger partial charge in [-0.15, -0.1) is 6.42 Å². The molecule has 94 valence electrons. The van der Waals surface area contributed by atoms with E-state index in [4.69, 9.17) is 6.42 Å². The van der Waals surface area contributed by atoms with Gasteiger partial charge in [0.15, 0.2) is 0 Å². The largest absolute Gasteiger partial charge is 0.481 e. The van der Waals surface area contributed by atoms with E-state index in [2.05, 4.69) is 5.92 Å². The van der Waals surface area contributed by atoms with Gasteiger partial charge in [0.05, 0.1) is 5.92 Å². The highest BCUT2D eigenvalue weighted by Crippen LogP contribution is 2.34. The second-order valence-electron chi connectivity index (χ2n) is 5.04. The van der Waals surface area contributed by atoms with Crippen molar-refractivity contribution in [2.75, 3.05) is 0 Å². The number of aliphatic carboxylic acids is 1. The van der Waals surface area contributed by atoms with Crippen molar-refractivity contribution in [3.05, 3.63) is 35.4 Å². The molecular formula is C16H18O2. The second-order valence-corrected chi connectivity index (χ2v) is 5.04. The molecule has 2 nitrogen and oxygen atoms in total. The van der Waals surface area contributed by atoms with Crippen molar-refractivity contribution >= 4 is 5.97 Å². The zero-order valence-electron chi connectivity index (χ0n) is 10.4. The molecule has 1 fully saturated rings. The van der Waals surface area contributed by atoms with E-state index in [9.17, 15) is 9.90 Å². The van der Waals surface area contributed by atoms with E-state index in [0.717, 1.165) is 17.5 Å². The van der Waals surface area contributed by atoms with Gasteiger partial charge in [-0.2, -0.15) is 0 Å². The first kappa shape index (κ1) is 12.7. The molecule has 2 heteroatoms. The fraction of sp³-hybridized carbons (Fsp3) is 0.438. The minimum atomic E-state index is -0.727. The summed E-state index contributed by atoms with van der Waals surface area (Å²) >= 11 is 0. The van der Waals surface area contributed by atoms with Crippen LogP contribution in [0.1, 0.15) is 49.1 Å². The van der Waals surface area contributed by atoms with Crippen LogP contribution in [-0.2, 0) is 4.79 Å². The van der Waals surface area contributed by atoms with Crippen LogP contribution in [0.15, 0.2) is 24.3 Å². The van der Waals surface area contributed by atoms with Gasteiger partial charge >= 0.3 is 5.97 Å². The van der Waals surface area contributed by atoms with Crippen LogP contribution in [0.4, 0.5) is 0 Å². The molecule has 0 aliphatic heterocycles. The van der Waals surface area contributed by atoms with Crippen molar-refractivity contribution < 1.29 is 9.90 Å². The summed E-state index contributed by atoms with van der Waals surface area (Å²) in [6, 6.07) is 7.34. The van der Waals surface area contributed by atoms with Crippen molar-refractivity contribution in [3.63, 3.8) is 0 Å². The highest BCUT2D eigenvalue weighted by atomic mass is 16.4. The number of benzene rings is 1. The molecule has 0 saturated heterocycles. The highest BCUT2D eigenvalue weighted by Gasteiger charge is 2.26. The Morgan fingerprint density at radius 1 is 1.33 bits per heavy atom. The Labute approximate surface area is 108 Å². The molecule has 1 aromatic carbocycles. The molecule has 18 heavy (non-hydrogen) atoms. The Balaban J connectivity index is 2.13. The van der Waals surface area contributed by atoms with Gasteiger partial charge in [-0.1, -0.05) is 43.7 Å². The molecule has 0 unspecified atom stereocenters. The predicted octanol–water partition coefficient (Wildman–Crippen LogP) is 3.42. The van der Waals surface area contributed by atoms with E-state index in [1.165, 1.54) is 25.7 Å². The average Bonchev–Trinajstić information content (AvgIpc) is 2.89. The average molecular weight is 242 g/mol. The predicted molar refractivity (Wildman–Crippen MR) is 71.3 cm³/mol. The molecule has 1 aliphatic rings. The maximum absolute atomic E-state index is 11.4. The molecule has 0 heterocycles. The Morgan fingerprint density at radius 3 is 2.44 bits per heavy atom. The summed E-state index contributed by atoms with van der Waals surface area (Å²) in [5, 5.41) is 9.37. The van der Waals surface area contributed by atoms with Gasteiger partial charge in [0.1, 0.15) is 0 Å². The van der Waals surface area contributed by atoms with E-state index in [1.807, 2.05) is 24.3 Å². The number of rotatable bonds is 4. The van der Waals surface area contributed by atoms with Gasteiger partial charge in [0.25, 0.3) is 0 Å². The Morgan fingerprint density at radius 2 is 1.94 bits per heavy atom. The number of terminal acetylenes is 1. The number of carbonyl (C=O) groups is 1. The number of carboxylic acids is 1. The zero-order valence-corrected chi connectivity index (χ0v) is 10.4. The molecule has 0 amide bonds. The molecule has 0 aromatic heterocycles. The highest BCUT2D eigenvalue weighted by molar-refractivity contribution is 5.76. The van der Waals surface area contributed by atoms with Crippen molar-refractivity contribution in [1.29, 1.82) is 0 Å². The Bertz CT molecular complexity index is 447. The van der Waals surface area contributed by atoms with Gasteiger partial charge in [-0.25, -0.2) is 0 Å². The van der Waals surface area contributed by atoms with Crippen molar-refractivity contribution in [2.24, 2.45) is 5.92 Å². The number of carboxylic acid groups (broad SMARTS) is 1. The summed E-state index contributed by atoms with van der Waals surface area (Å²) in [7, 11) is 0. The molecule has 2 rings (SSSR count). The summed E-state index contributed by atoms with van der Waals surface area (Å²) in [4.78, 5) is 11.4. The van der Waals surface area contributed by atoms with E-state index in [0.29, 0.717) is 5.92 Å². The molecule has 1 saturated carbocycles. The van der Waals surface area contributed by atoms with Gasteiger partial charge in [0.2, 0.25) is 0 Å². The van der Waals surface area contributed by atoms with E-state index < -0.39 is 5.97 Å². The standard InChI is InChI=1S/C16H18O2/c1-2-12-7-9-14(10-8-12)15(16(17)18)11-13-5-3-4-6-13/h1,7-10,13,15H,3-6,11H2,(H,17,18)/t15-/m1/s1. The SMILES string of the molecule is C#Cc1ccc([C@@H](CC2CCCC2)C(=O)O)cc1. The molecule has 1 N–H and O–H groups in total. The van der Waals surface area contributed by atoms with E-state index >= 15 is 0 Å². The molecule has 0 radical (unpaired) electrons. The lowest BCUT2D eigenvalue weighted by atomic mass is 9.87. The van der Waals surface area contributed by atoms with Gasteiger partial charge in [0, 0.05) is 5.56 Å². The quantitative estimate of drug-likeness (QED) is 0.821. The lowest BCUT2D eigenvalue weighted by Crippen LogP contribution is -2.15. The molecule has 1 atom stereocenters. The first-order valence-corrected chi connectivity index (χ1v) is 6.50. The summed E-state index contributed by atoms with van der Waals surface area (Å²) in [6.45, 7) is 0. The van der Waals surface area contributed by atoms with Crippen LogP contribution >= 0.6 is 0 Å². The van der Waals surface area contributed by atoms with Gasteiger partial charge < -0.3 is 5.11 Å². The smallest absolute Gasteiger partial charge is 0.310 e. The van der Waals surface area contributed by atoms with Crippen LogP contribution in [0.5, 0.6) is 0 Å². The topological polar surface area (TPSA) is 37.3 Å². The first-order valence-electron chi connectivity index (χ1n) is 6.50.